The minimum atomic E-state index is -3.72. The van der Waals surface area contributed by atoms with Gasteiger partial charge in [0.1, 0.15) is 5.75 Å². The number of sulfonamides is 1. The minimum absolute atomic E-state index is 0.107. The Morgan fingerprint density at radius 1 is 0.848 bits per heavy atom. The molecule has 1 amide bonds. The Kier molecular flexibility index (Phi) is 6.60. The molecule has 7 heteroatoms. The number of ether oxygens (including phenoxy) is 1. The molecular formula is C26H24N2O4S. The minimum Gasteiger partial charge on any atom is -0.484 e. The molecular weight excluding hydrogens is 436 g/mol. The van der Waals surface area contributed by atoms with Crippen LogP contribution in [0.3, 0.4) is 0 Å². The number of carbonyl (C=O) groups excluding carboxylic acids is 1. The van der Waals surface area contributed by atoms with Gasteiger partial charge in [-0.15, -0.1) is 0 Å². The summed E-state index contributed by atoms with van der Waals surface area (Å²) in [6.45, 7) is 2.16. The summed E-state index contributed by atoms with van der Waals surface area (Å²) in [6, 6.07) is 27.0. The Morgan fingerprint density at radius 2 is 1.55 bits per heavy atom. The van der Waals surface area contributed by atoms with Crippen LogP contribution in [0.5, 0.6) is 5.75 Å². The van der Waals surface area contributed by atoms with Gasteiger partial charge in [0, 0.05) is 12.2 Å². The molecule has 33 heavy (non-hydrogen) atoms. The molecule has 0 saturated heterocycles. The van der Waals surface area contributed by atoms with Crippen molar-refractivity contribution in [2.75, 3.05) is 11.3 Å². The van der Waals surface area contributed by atoms with Gasteiger partial charge in [-0.25, -0.2) is 8.42 Å². The van der Waals surface area contributed by atoms with E-state index in [4.69, 9.17) is 4.74 Å². The third-order valence-corrected chi connectivity index (χ3v) is 6.56. The maximum atomic E-state index is 12.6. The molecule has 6 nitrogen and oxygen atoms in total. The van der Waals surface area contributed by atoms with Gasteiger partial charge in [0.05, 0.1) is 4.90 Å². The number of carbonyl (C=O) groups is 1. The lowest BCUT2D eigenvalue weighted by Crippen LogP contribution is -2.28. The summed E-state index contributed by atoms with van der Waals surface area (Å²) in [5.41, 5.74) is 2.56. The van der Waals surface area contributed by atoms with Crippen molar-refractivity contribution in [1.29, 1.82) is 0 Å². The number of aryl methyl sites for hydroxylation is 1. The van der Waals surface area contributed by atoms with E-state index in [0.717, 1.165) is 21.9 Å². The van der Waals surface area contributed by atoms with E-state index in [1.54, 1.807) is 12.1 Å². The first-order chi connectivity index (χ1) is 15.9. The van der Waals surface area contributed by atoms with E-state index in [9.17, 15) is 13.2 Å². The van der Waals surface area contributed by atoms with Gasteiger partial charge >= 0.3 is 0 Å². The molecule has 0 saturated carbocycles. The lowest BCUT2D eigenvalue weighted by Gasteiger charge is -2.11. The Labute approximate surface area is 193 Å². The lowest BCUT2D eigenvalue weighted by atomic mass is 10.0. The predicted molar refractivity (Wildman–Crippen MR) is 130 cm³/mol. The second kappa shape index (κ2) is 9.75. The molecule has 4 aromatic carbocycles. The monoisotopic (exact) mass is 460 g/mol. The summed E-state index contributed by atoms with van der Waals surface area (Å²) in [7, 11) is -3.72. The topological polar surface area (TPSA) is 84.5 Å². The number of hydrogen-bond donors (Lipinski definition) is 2. The first kappa shape index (κ1) is 22.4. The zero-order valence-corrected chi connectivity index (χ0v) is 18.9. The van der Waals surface area contributed by atoms with E-state index in [0.29, 0.717) is 18.0 Å². The highest BCUT2D eigenvalue weighted by atomic mass is 32.2. The zero-order valence-electron chi connectivity index (χ0n) is 18.1. The molecule has 0 aromatic heterocycles. The molecule has 0 fully saturated rings. The molecule has 0 spiro atoms. The second-order valence-electron chi connectivity index (χ2n) is 7.65. The average Bonchev–Trinajstić information content (AvgIpc) is 2.83. The van der Waals surface area contributed by atoms with E-state index in [1.165, 1.54) is 24.3 Å². The van der Waals surface area contributed by atoms with Crippen LogP contribution in [-0.4, -0.2) is 20.9 Å². The zero-order chi connectivity index (χ0) is 23.3. The van der Waals surface area contributed by atoms with Crippen molar-refractivity contribution in [2.45, 2.75) is 18.4 Å². The van der Waals surface area contributed by atoms with Gasteiger partial charge in [-0.05, 0) is 59.7 Å². The first-order valence-electron chi connectivity index (χ1n) is 10.5. The number of fused-ring (bicyclic) bond motifs is 1. The third-order valence-electron chi connectivity index (χ3n) is 5.16. The summed E-state index contributed by atoms with van der Waals surface area (Å²) in [6.07, 6.45) is 0. The second-order valence-corrected chi connectivity index (χ2v) is 9.33. The Bertz CT molecular complexity index is 1360. The van der Waals surface area contributed by atoms with Gasteiger partial charge in [-0.2, -0.15) is 0 Å². The molecule has 0 aliphatic carbocycles. The summed E-state index contributed by atoms with van der Waals surface area (Å²) in [4.78, 5) is 12.3. The van der Waals surface area contributed by atoms with Crippen LogP contribution in [0.15, 0.2) is 95.9 Å². The van der Waals surface area contributed by atoms with Gasteiger partial charge in [-0.1, -0.05) is 60.2 Å². The van der Waals surface area contributed by atoms with Crippen molar-refractivity contribution in [2.24, 2.45) is 0 Å². The Morgan fingerprint density at radius 3 is 2.30 bits per heavy atom. The van der Waals surface area contributed by atoms with Crippen LogP contribution in [0.25, 0.3) is 10.8 Å². The highest BCUT2D eigenvalue weighted by Gasteiger charge is 2.14. The third kappa shape index (κ3) is 5.70. The molecule has 0 heterocycles. The number of hydrogen-bond acceptors (Lipinski definition) is 4. The van der Waals surface area contributed by atoms with Crippen molar-refractivity contribution in [3.8, 4) is 5.75 Å². The summed E-state index contributed by atoms with van der Waals surface area (Å²) in [5.74, 6) is 0.144. The largest absolute Gasteiger partial charge is 0.484 e. The van der Waals surface area contributed by atoms with Crippen molar-refractivity contribution >= 4 is 32.4 Å². The molecule has 168 valence electrons. The Hall–Kier alpha value is -3.84. The van der Waals surface area contributed by atoms with Gasteiger partial charge in [0.25, 0.3) is 15.9 Å². The predicted octanol–water partition coefficient (Wildman–Crippen LogP) is 4.64. The van der Waals surface area contributed by atoms with Crippen molar-refractivity contribution in [3.63, 3.8) is 0 Å². The number of anilines is 1. The molecule has 4 rings (SSSR count). The van der Waals surface area contributed by atoms with Crippen LogP contribution in [0.1, 0.15) is 11.1 Å². The van der Waals surface area contributed by atoms with Crippen molar-refractivity contribution < 1.29 is 17.9 Å². The number of rotatable bonds is 8. The number of benzene rings is 4. The van der Waals surface area contributed by atoms with E-state index in [-0.39, 0.29) is 17.4 Å². The maximum absolute atomic E-state index is 12.6. The molecule has 0 bridgehead atoms. The smallest absolute Gasteiger partial charge is 0.261 e. The van der Waals surface area contributed by atoms with Gasteiger partial charge in [-0.3, -0.25) is 9.52 Å². The molecule has 0 aliphatic heterocycles. The molecule has 0 aliphatic rings. The SMILES string of the molecule is Cc1ccc(NS(=O)(=O)c2ccc(OCC(=O)NCc3cccc4ccccc34)cc2)cc1. The van der Waals surface area contributed by atoms with Crippen LogP contribution in [0.4, 0.5) is 5.69 Å². The van der Waals surface area contributed by atoms with Crippen molar-refractivity contribution in [1.82, 2.24) is 5.32 Å². The summed E-state index contributed by atoms with van der Waals surface area (Å²) >= 11 is 0. The molecule has 0 atom stereocenters. The standard InChI is InChI=1S/C26H24N2O4S/c1-19-9-11-22(12-10-19)28-33(30,31)24-15-13-23(14-16-24)32-18-26(29)27-17-21-7-4-6-20-5-2-3-8-25(20)21/h2-16,28H,17-18H2,1H3,(H,27,29). The first-order valence-corrected chi connectivity index (χ1v) is 11.9. The van der Waals surface area contributed by atoms with E-state index in [2.05, 4.69) is 10.0 Å². The summed E-state index contributed by atoms with van der Waals surface area (Å²) < 4.78 is 33.2. The fourth-order valence-electron chi connectivity index (χ4n) is 3.39. The van der Waals surface area contributed by atoms with Gasteiger partial charge in [0.2, 0.25) is 0 Å². The highest BCUT2D eigenvalue weighted by molar-refractivity contribution is 7.92. The molecule has 4 aromatic rings. The fourth-order valence-corrected chi connectivity index (χ4v) is 4.45. The van der Waals surface area contributed by atoms with E-state index in [1.807, 2.05) is 61.5 Å². The normalized spacial score (nSPS) is 11.2. The molecule has 0 unspecified atom stereocenters. The van der Waals surface area contributed by atoms with E-state index < -0.39 is 10.0 Å². The van der Waals surface area contributed by atoms with Crippen LogP contribution >= 0.6 is 0 Å². The van der Waals surface area contributed by atoms with Crippen molar-refractivity contribution in [3.05, 3.63) is 102 Å². The number of nitrogens with one attached hydrogen (secondary N) is 2. The maximum Gasteiger partial charge on any atom is 0.261 e. The van der Waals surface area contributed by atoms with Crippen LogP contribution in [0, 0.1) is 6.92 Å². The lowest BCUT2D eigenvalue weighted by molar-refractivity contribution is -0.123. The highest BCUT2D eigenvalue weighted by Crippen LogP contribution is 2.20. The number of amides is 1. The van der Waals surface area contributed by atoms with Gasteiger partial charge in [0.15, 0.2) is 6.61 Å². The quantitative estimate of drug-likeness (QED) is 0.401. The average molecular weight is 461 g/mol. The summed E-state index contributed by atoms with van der Waals surface area (Å²) in [5, 5.41) is 5.07. The molecule has 0 radical (unpaired) electrons. The van der Waals surface area contributed by atoms with Crippen LogP contribution < -0.4 is 14.8 Å². The van der Waals surface area contributed by atoms with E-state index >= 15 is 0 Å². The van der Waals surface area contributed by atoms with Crippen LogP contribution in [0.2, 0.25) is 0 Å². The molecule has 2 N–H and O–H groups in total. The Balaban J connectivity index is 1.31. The van der Waals surface area contributed by atoms with Gasteiger partial charge < -0.3 is 10.1 Å². The van der Waals surface area contributed by atoms with Crippen LogP contribution in [-0.2, 0) is 21.4 Å². The fraction of sp³-hybridized carbons (Fsp3) is 0.115.